The Hall–Kier alpha value is -2.33. The first-order valence-corrected chi connectivity index (χ1v) is 8.53. The zero-order chi connectivity index (χ0) is 16.6. The first kappa shape index (κ1) is 16.5. The van der Waals surface area contributed by atoms with Crippen LogP contribution >= 0.6 is 0 Å². The minimum atomic E-state index is -0.0505. The third kappa shape index (κ3) is 5.10. The van der Waals surface area contributed by atoms with Crippen molar-refractivity contribution in [2.75, 3.05) is 19.7 Å². The summed E-state index contributed by atoms with van der Waals surface area (Å²) in [4.78, 5) is 14.5. The molecule has 1 aliphatic rings. The topological polar surface area (TPSA) is 41.6 Å². The lowest BCUT2D eigenvalue weighted by molar-refractivity contribution is -0.124. The molecule has 0 aromatic heterocycles. The van der Waals surface area contributed by atoms with Gasteiger partial charge in [0.15, 0.2) is 6.61 Å². The molecule has 1 aliphatic heterocycles. The van der Waals surface area contributed by atoms with Gasteiger partial charge in [0.05, 0.1) is 0 Å². The van der Waals surface area contributed by atoms with E-state index in [1.165, 1.54) is 5.56 Å². The average molecular weight is 324 g/mol. The number of amides is 1. The minimum Gasteiger partial charge on any atom is -0.484 e. The first-order chi connectivity index (χ1) is 11.8. The third-order valence-electron chi connectivity index (χ3n) is 4.23. The van der Waals surface area contributed by atoms with Gasteiger partial charge >= 0.3 is 0 Å². The van der Waals surface area contributed by atoms with Crippen LogP contribution < -0.4 is 10.1 Å². The highest BCUT2D eigenvalue weighted by atomic mass is 16.5. The standard InChI is InChI=1S/C20H24N2O2/c23-20(16-24-19-11-5-2-6-12-19)21-18-10-7-13-22(15-18)14-17-8-3-1-4-9-17/h1-6,8-9,11-12,18H,7,10,13-16H2,(H,21,23)/t18-/m0/s1. The van der Waals surface area contributed by atoms with Gasteiger partial charge in [-0.15, -0.1) is 0 Å². The molecule has 0 aliphatic carbocycles. The molecule has 3 rings (SSSR count). The van der Waals surface area contributed by atoms with Crippen LogP contribution in [-0.4, -0.2) is 36.5 Å². The molecule has 1 amide bonds. The Balaban J connectivity index is 1.44. The van der Waals surface area contributed by atoms with Crippen LogP contribution in [0.1, 0.15) is 18.4 Å². The fourth-order valence-corrected chi connectivity index (χ4v) is 3.09. The summed E-state index contributed by atoms with van der Waals surface area (Å²) in [6.07, 6.45) is 2.14. The Bertz CT molecular complexity index is 631. The number of likely N-dealkylation sites (tertiary alicyclic amines) is 1. The molecule has 1 heterocycles. The van der Waals surface area contributed by atoms with Crippen molar-refractivity contribution < 1.29 is 9.53 Å². The monoisotopic (exact) mass is 324 g/mol. The van der Waals surface area contributed by atoms with Gasteiger partial charge in [0.1, 0.15) is 5.75 Å². The smallest absolute Gasteiger partial charge is 0.258 e. The van der Waals surface area contributed by atoms with Gasteiger partial charge < -0.3 is 10.1 Å². The number of hydrogen-bond donors (Lipinski definition) is 1. The predicted molar refractivity (Wildman–Crippen MR) is 94.8 cm³/mol. The number of carbonyl (C=O) groups is 1. The van der Waals surface area contributed by atoms with E-state index in [0.717, 1.165) is 38.2 Å². The van der Waals surface area contributed by atoms with E-state index in [0.29, 0.717) is 0 Å². The van der Waals surface area contributed by atoms with Crippen molar-refractivity contribution in [1.29, 1.82) is 0 Å². The molecule has 0 bridgehead atoms. The molecule has 1 fully saturated rings. The molecule has 0 unspecified atom stereocenters. The van der Waals surface area contributed by atoms with Crippen molar-refractivity contribution in [1.82, 2.24) is 10.2 Å². The number of nitrogens with one attached hydrogen (secondary N) is 1. The third-order valence-corrected chi connectivity index (χ3v) is 4.23. The SMILES string of the molecule is O=C(COc1ccccc1)N[C@H]1CCCN(Cc2ccccc2)C1. The number of carbonyl (C=O) groups excluding carboxylic acids is 1. The molecule has 1 saturated heterocycles. The molecule has 1 N–H and O–H groups in total. The number of ether oxygens (including phenoxy) is 1. The van der Waals surface area contributed by atoms with E-state index in [2.05, 4.69) is 34.5 Å². The molecule has 0 spiro atoms. The van der Waals surface area contributed by atoms with Gasteiger partial charge in [-0.3, -0.25) is 9.69 Å². The predicted octanol–water partition coefficient (Wildman–Crippen LogP) is 2.85. The number of rotatable bonds is 6. The van der Waals surface area contributed by atoms with E-state index in [4.69, 9.17) is 4.74 Å². The molecule has 1 atom stereocenters. The van der Waals surface area contributed by atoms with E-state index >= 15 is 0 Å². The van der Waals surface area contributed by atoms with Gasteiger partial charge in [-0.2, -0.15) is 0 Å². The molecule has 126 valence electrons. The number of piperidine rings is 1. The minimum absolute atomic E-state index is 0.0505. The molecular weight excluding hydrogens is 300 g/mol. The lowest BCUT2D eigenvalue weighted by Crippen LogP contribution is -2.48. The van der Waals surface area contributed by atoms with Crippen LogP contribution in [0.25, 0.3) is 0 Å². The van der Waals surface area contributed by atoms with Crippen LogP contribution in [0.4, 0.5) is 0 Å². The summed E-state index contributed by atoms with van der Waals surface area (Å²) < 4.78 is 5.51. The highest BCUT2D eigenvalue weighted by Gasteiger charge is 2.21. The maximum absolute atomic E-state index is 12.1. The number of hydrogen-bond acceptors (Lipinski definition) is 3. The molecule has 4 nitrogen and oxygen atoms in total. The van der Waals surface area contributed by atoms with Crippen molar-refractivity contribution in [3.63, 3.8) is 0 Å². The molecule has 0 radical (unpaired) electrons. The van der Waals surface area contributed by atoms with Crippen molar-refractivity contribution in [2.24, 2.45) is 0 Å². The number of benzene rings is 2. The quantitative estimate of drug-likeness (QED) is 0.888. The number of para-hydroxylation sites is 1. The van der Waals surface area contributed by atoms with Gasteiger partial charge in [0.25, 0.3) is 5.91 Å². The Labute approximate surface area is 143 Å². The zero-order valence-electron chi connectivity index (χ0n) is 13.9. The van der Waals surface area contributed by atoms with Gasteiger partial charge in [0, 0.05) is 19.1 Å². The summed E-state index contributed by atoms with van der Waals surface area (Å²) in [6, 6.07) is 20.1. The van der Waals surface area contributed by atoms with Crippen molar-refractivity contribution in [3.8, 4) is 5.75 Å². The largest absolute Gasteiger partial charge is 0.484 e. The van der Waals surface area contributed by atoms with Crippen LogP contribution in [0.15, 0.2) is 60.7 Å². The zero-order valence-corrected chi connectivity index (χ0v) is 13.9. The Morgan fingerprint density at radius 3 is 2.54 bits per heavy atom. The second-order valence-corrected chi connectivity index (χ2v) is 6.23. The van der Waals surface area contributed by atoms with Crippen LogP contribution in [0.3, 0.4) is 0 Å². The van der Waals surface area contributed by atoms with E-state index in [1.54, 1.807) is 0 Å². The molecule has 4 heteroatoms. The summed E-state index contributed by atoms with van der Waals surface area (Å²) in [5, 5.41) is 3.10. The van der Waals surface area contributed by atoms with E-state index < -0.39 is 0 Å². The Morgan fingerprint density at radius 2 is 1.79 bits per heavy atom. The fraction of sp³-hybridized carbons (Fsp3) is 0.350. The summed E-state index contributed by atoms with van der Waals surface area (Å²) in [6.45, 7) is 2.99. The highest BCUT2D eigenvalue weighted by molar-refractivity contribution is 5.77. The van der Waals surface area contributed by atoms with E-state index in [-0.39, 0.29) is 18.6 Å². The van der Waals surface area contributed by atoms with Crippen LogP contribution in [0, 0.1) is 0 Å². The average Bonchev–Trinajstić information content (AvgIpc) is 2.62. The van der Waals surface area contributed by atoms with Gasteiger partial charge in [0.2, 0.25) is 0 Å². The maximum atomic E-state index is 12.1. The fourth-order valence-electron chi connectivity index (χ4n) is 3.09. The lowest BCUT2D eigenvalue weighted by Gasteiger charge is -2.33. The van der Waals surface area contributed by atoms with Crippen LogP contribution in [0.2, 0.25) is 0 Å². The maximum Gasteiger partial charge on any atom is 0.258 e. The van der Waals surface area contributed by atoms with Crippen molar-refractivity contribution >= 4 is 5.91 Å². The molecule has 24 heavy (non-hydrogen) atoms. The summed E-state index contributed by atoms with van der Waals surface area (Å²) in [7, 11) is 0. The van der Waals surface area contributed by atoms with Gasteiger partial charge in [-0.25, -0.2) is 0 Å². The summed E-state index contributed by atoms with van der Waals surface area (Å²) in [5.41, 5.74) is 1.32. The Kier molecular flexibility index (Phi) is 5.85. The van der Waals surface area contributed by atoms with Crippen LogP contribution in [0.5, 0.6) is 5.75 Å². The van der Waals surface area contributed by atoms with Crippen molar-refractivity contribution in [2.45, 2.75) is 25.4 Å². The normalized spacial score (nSPS) is 18.1. The van der Waals surface area contributed by atoms with Gasteiger partial charge in [-0.1, -0.05) is 48.5 Å². The summed E-state index contributed by atoms with van der Waals surface area (Å²) >= 11 is 0. The first-order valence-electron chi connectivity index (χ1n) is 8.53. The van der Waals surface area contributed by atoms with E-state index in [1.807, 2.05) is 36.4 Å². The second-order valence-electron chi connectivity index (χ2n) is 6.23. The second kappa shape index (κ2) is 8.50. The Morgan fingerprint density at radius 1 is 1.08 bits per heavy atom. The number of nitrogens with zero attached hydrogens (tertiary/aromatic N) is 1. The lowest BCUT2D eigenvalue weighted by atomic mass is 10.0. The van der Waals surface area contributed by atoms with E-state index in [9.17, 15) is 4.79 Å². The van der Waals surface area contributed by atoms with Crippen molar-refractivity contribution in [3.05, 3.63) is 66.2 Å². The molecule has 0 saturated carbocycles. The highest BCUT2D eigenvalue weighted by Crippen LogP contribution is 2.14. The van der Waals surface area contributed by atoms with Crippen LogP contribution in [-0.2, 0) is 11.3 Å². The summed E-state index contributed by atoms with van der Waals surface area (Å²) in [5.74, 6) is 0.674. The molecule has 2 aromatic carbocycles. The molecular formula is C20H24N2O2. The molecule has 2 aromatic rings. The van der Waals surface area contributed by atoms with Gasteiger partial charge in [-0.05, 0) is 37.1 Å².